The smallest absolute Gasteiger partial charge is 0.197 e. The highest BCUT2D eigenvalue weighted by Crippen LogP contribution is 2.23. The number of aromatic nitrogens is 3. The van der Waals surface area contributed by atoms with Crippen molar-refractivity contribution in [2.45, 2.75) is 0 Å². The summed E-state index contributed by atoms with van der Waals surface area (Å²) in [5, 5.41) is 6.70. The number of nitrogen functional groups attached to an aromatic ring is 1. The number of thiazole rings is 1. The van der Waals surface area contributed by atoms with E-state index in [0.717, 1.165) is 11.4 Å². The molecule has 0 radical (unpaired) electrons. The molecule has 0 bridgehead atoms. The van der Waals surface area contributed by atoms with E-state index in [0.29, 0.717) is 5.13 Å². The molecule has 0 aliphatic heterocycles. The molecule has 0 amide bonds. The lowest BCUT2D eigenvalue weighted by Gasteiger charge is -1.95. The highest BCUT2D eigenvalue weighted by Gasteiger charge is 2.06. The Bertz CT molecular complexity index is 404. The van der Waals surface area contributed by atoms with Crippen molar-refractivity contribution in [2.75, 3.05) is 5.43 Å². The fourth-order valence-electron chi connectivity index (χ4n) is 1.08. The first kappa shape index (κ1) is 8.21. The van der Waals surface area contributed by atoms with Gasteiger partial charge in [0.2, 0.25) is 0 Å². The number of anilines is 1. The Morgan fingerprint density at radius 2 is 2.46 bits per heavy atom. The van der Waals surface area contributed by atoms with Crippen molar-refractivity contribution in [3.8, 4) is 11.4 Å². The molecule has 0 atom stereocenters. The third-order valence-electron chi connectivity index (χ3n) is 1.71. The van der Waals surface area contributed by atoms with Crippen LogP contribution in [0.25, 0.3) is 11.4 Å². The second kappa shape index (κ2) is 3.15. The highest BCUT2D eigenvalue weighted by atomic mass is 32.1. The molecule has 3 N–H and O–H groups in total. The average molecular weight is 195 g/mol. The number of hydrogen-bond acceptors (Lipinski definition) is 5. The summed E-state index contributed by atoms with van der Waals surface area (Å²) >= 11 is 1.47. The molecule has 2 heterocycles. The molecule has 0 aliphatic carbocycles. The van der Waals surface area contributed by atoms with E-state index in [9.17, 15) is 0 Å². The molecule has 2 aromatic heterocycles. The van der Waals surface area contributed by atoms with Crippen LogP contribution < -0.4 is 11.3 Å². The van der Waals surface area contributed by atoms with Gasteiger partial charge in [-0.2, -0.15) is 5.10 Å². The van der Waals surface area contributed by atoms with Gasteiger partial charge in [-0.05, 0) is 6.07 Å². The van der Waals surface area contributed by atoms with Crippen LogP contribution in [0.5, 0.6) is 0 Å². The summed E-state index contributed by atoms with van der Waals surface area (Å²) in [6.07, 6.45) is 1.74. The van der Waals surface area contributed by atoms with Crippen LogP contribution in [0, 0.1) is 0 Å². The third kappa shape index (κ3) is 1.41. The maximum Gasteiger partial charge on any atom is 0.197 e. The molecule has 0 aliphatic rings. The van der Waals surface area contributed by atoms with Crippen molar-refractivity contribution < 1.29 is 0 Å². The van der Waals surface area contributed by atoms with Crippen LogP contribution in [-0.2, 0) is 7.05 Å². The zero-order valence-electron chi connectivity index (χ0n) is 7.06. The predicted molar refractivity (Wildman–Crippen MR) is 52.1 cm³/mol. The first-order chi connectivity index (χ1) is 6.31. The van der Waals surface area contributed by atoms with Gasteiger partial charge in [-0.3, -0.25) is 10.1 Å². The lowest BCUT2D eigenvalue weighted by atomic mass is 10.3. The number of hydrogen-bond donors (Lipinski definition) is 2. The van der Waals surface area contributed by atoms with Gasteiger partial charge in [-0.15, -0.1) is 11.3 Å². The number of nitrogens with zero attached hydrogens (tertiary/aromatic N) is 3. The molecule has 0 unspecified atom stereocenters. The van der Waals surface area contributed by atoms with Crippen LogP contribution in [0.2, 0.25) is 0 Å². The minimum atomic E-state index is 0.705. The Balaban J connectivity index is 2.41. The predicted octanol–water partition coefficient (Wildman–Crippen LogP) is 0.829. The van der Waals surface area contributed by atoms with E-state index in [2.05, 4.69) is 15.5 Å². The van der Waals surface area contributed by atoms with Gasteiger partial charge in [0.05, 0.1) is 5.69 Å². The minimum absolute atomic E-state index is 0.705. The lowest BCUT2D eigenvalue weighted by Crippen LogP contribution is -2.05. The van der Waals surface area contributed by atoms with Crippen molar-refractivity contribution in [2.24, 2.45) is 12.9 Å². The molecule has 0 spiro atoms. The maximum absolute atomic E-state index is 5.23. The van der Waals surface area contributed by atoms with Gasteiger partial charge < -0.3 is 0 Å². The van der Waals surface area contributed by atoms with Gasteiger partial charge in [0.25, 0.3) is 0 Å². The van der Waals surface area contributed by atoms with Crippen LogP contribution in [0.3, 0.4) is 0 Å². The molecule has 0 fully saturated rings. The summed E-state index contributed by atoms with van der Waals surface area (Å²) in [7, 11) is 1.88. The standard InChI is InChI=1S/C7H9N5S/c1-12-6(2-3-9-12)5-4-13-7(10-5)11-8/h2-4H,8H2,1H3,(H,10,11). The molecule has 6 heteroatoms. The summed E-state index contributed by atoms with van der Waals surface area (Å²) in [5.74, 6) is 5.23. The Labute approximate surface area is 79.2 Å². The van der Waals surface area contributed by atoms with Crippen LogP contribution >= 0.6 is 11.3 Å². The van der Waals surface area contributed by atoms with Crippen molar-refractivity contribution in [3.05, 3.63) is 17.6 Å². The van der Waals surface area contributed by atoms with Gasteiger partial charge >= 0.3 is 0 Å². The number of nitrogens with two attached hydrogens (primary N) is 1. The van der Waals surface area contributed by atoms with Crippen molar-refractivity contribution in [1.29, 1.82) is 0 Å². The molecular weight excluding hydrogens is 186 g/mol. The van der Waals surface area contributed by atoms with Crippen molar-refractivity contribution in [3.63, 3.8) is 0 Å². The number of rotatable bonds is 2. The second-order valence-corrected chi connectivity index (χ2v) is 3.38. The SMILES string of the molecule is Cn1nccc1-c1csc(NN)n1. The van der Waals surface area contributed by atoms with E-state index in [1.165, 1.54) is 11.3 Å². The van der Waals surface area contributed by atoms with Crippen molar-refractivity contribution in [1.82, 2.24) is 14.8 Å². The summed E-state index contributed by atoms with van der Waals surface area (Å²) in [5.41, 5.74) is 4.38. The summed E-state index contributed by atoms with van der Waals surface area (Å²) in [4.78, 5) is 4.25. The zero-order valence-corrected chi connectivity index (χ0v) is 7.88. The molecule has 5 nitrogen and oxygen atoms in total. The zero-order chi connectivity index (χ0) is 9.26. The van der Waals surface area contributed by atoms with E-state index in [1.807, 2.05) is 18.5 Å². The number of nitrogens with one attached hydrogen (secondary N) is 1. The Morgan fingerprint density at radius 3 is 3.00 bits per heavy atom. The van der Waals surface area contributed by atoms with Crippen LogP contribution in [-0.4, -0.2) is 14.8 Å². The topological polar surface area (TPSA) is 68.8 Å². The van der Waals surface area contributed by atoms with E-state index in [-0.39, 0.29) is 0 Å². The van der Waals surface area contributed by atoms with Gasteiger partial charge in [0.1, 0.15) is 5.69 Å². The normalized spacial score (nSPS) is 10.3. The first-order valence-corrected chi connectivity index (χ1v) is 4.60. The van der Waals surface area contributed by atoms with E-state index in [4.69, 9.17) is 5.84 Å². The Kier molecular flexibility index (Phi) is 1.99. The first-order valence-electron chi connectivity index (χ1n) is 3.72. The quantitative estimate of drug-likeness (QED) is 0.550. The molecule has 13 heavy (non-hydrogen) atoms. The number of hydrazine groups is 1. The fourth-order valence-corrected chi connectivity index (χ4v) is 1.70. The highest BCUT2D eigenvalue weighted by molar-refractivity contribution is 7.14. The fraction of sp³-hybridized carbons (Fsp3) is 0.143. The van der Waals surface area contributed by atoms with E-state index < -0.39 is 0 Å². The molecule has 0 saturated carbocycles. The van der Waals surface area contributed by atoms with Gasteiger partial charge in [0.15, 0.2) is 5.13 Å². The molecule has 0 saturated heterocycles. The lowest BCUT2D eigenvalue weighted by molar-refractivity contribution is 0.774. The second-order valence-electron chi connectivity index (χ2n) is 2.52. The Morgan fingerprint density at radius 1 is 1.62 bits per heavy atom. The molecule has 0 aromatic carbocycles. The maximum atomic E-state index is 5.23. The van der Waals surface area contributed by atoms with Crippen LogP contribution in [0.15, 0.2) is 17.6 Å². The summed E-state index contributed by atoms with van der Waals surface area (Å²) < 4.78 is 1.77. The molecule has 68 valence electrons. The van der Waals surface area contributed by atoms with E-state index >= 15 is 0 Å². The van der Waals surface area contributed by atoms with Crippen LogP contribution in [0.4, 0.5) is 5.13 Å². The third-order valence-corrected chi connectivity index (χ3v) is 2.48. The van der Waals surface area contributed by atoms with Gasteiger partial charge in [-0.1, -0.05) is 0 Å². The molecular formula is C7H9N5S. The largest absolute Gasteiger partial charge is 0.300 e. The van der Waals surface area contributed by atoms with Crippen LogP contribution in [0.1, 0.15) is 0 Å². The molecule has 2 rings (SSSR count). The number of aryl methyl sites for hydroxylation is 1. The van der Waals surface area contributed by atoms with E-state index in [1.54, 1.807) is 10.9 Å². The van der Waals surface area contributed by atoms with Gasteiger partial charge in [-0.25, -0.2) is 10.8 Å². The summed E-state index contributed by atoms with van der Waals surface area (Å²) in [6.45, 7) is 0. The summed E-state index contributed by atoms with van der Waals surface area (Å²) in [6, 6.07) is 1.91. The van der Waals surface area contributed by atoms with Gasteiger partial charge in [0, 0.05) is 18.6 Å². The average Bonchev–Trinajstić information content (AvgIpc) is 2.71. The van der Waals surface area contributed by atoms with Crippen molar-refractivity contribution >= 4 is 16.5 Å². The minimum Gasteiger partial charge on any atom is -0.300 e. The monoisotopic (exact) mass is 195 g/mol. The Hall–Kier alpha value is -1.40. The molecule has 2 aromatic rings.